The first kappa shape index (κ1) is 21.3. The molecule has 0 heterocycles. The molecule has 4 saturated carbocycles. The molecule has 10 atom stereocenters. The molecule has 0 amide bonds. The normalized spacial score (nSPS) is 58.1. The van der Waals surface area contributed by atoms with E-state index >= 15 is 0 Å². The molecule has 0 bridgehead atoms. The van der Waals surface area contributed by atoms with Gasteiger partial charge in [0.15, 0.2) is 0 Å². The second-order valence-electron chi connectivity index (χ2n) is 13.6. The van der Waals surface area contributed by atoms with E-state index < -0.39 is 0 Å². The number of carbonyl (C=O) groups excluding carboxylic acids is 1. The van der Waals surface area contributed by atoms with Crippen molar-refractivity contribution < 1.29 is 4.79 Å². The molecular weight excluding hydrogens is 364 g/mol. The number of Topliss-reactive ketones (excluding diaryl/α,β-unsaturated/α-hetero) is 1. The minimum absolute atomic E-state index is 0.0953. The zero-order valence-corrected chi connectivity index (χ0v) is 20.8. The average Bonchev–Trinajstić information content (AvgIpc) is 2.69. The molecule has 0 saturated heterocycles. The van der Waals surface area contributed by atoms with E-state index in [9.17, 15) is 4.79 Å². The lowest BCUT2D eigenvalue weighted by molar-refractivity contribution is -0.177. The van der Waals surface area contributed by atoms with Crippen molar-refractivity contribution in [3.63, 3.8) is 0 Å². The molecule has 0 aliphatic heterocycles. The molecule has 0 N–H and O–H groups in total. The van der Waals surface area contributed by atoms with Crippen molar-refractivity contribution in [1.29, 1.82) is 0 Å². The summed E-state index contributed by atoms with van der Waals surface area (Å²) in [5.41, 5.74) is 2.78. The number of allylic oxidation sites excluding steroid dienone is 2. The maximum atomic E-state index is 13.5. The van der Waals surface area contributed by atoms with Crippen LogP contribution in [-0.4, -0.2) is 5.78 Å². The minimum Gasteiger partial charge on any atom is -0.299 e. The highest BCUT2D eigenvalue weighted by Gasteiger charge is 2.67. The predicted octanol–water partition coefficient (Wildman–Crippen LogP) is 7.84. The fourth-order valence-corrected chi connectivity index (χ4v) is 10.2. The summed E-state index contributed by atoms with van der Waals surface area (Å²) in [5, 5.41) is 0. The van der Waals surface area contributed by atoms with Gasteiger partial charge in [-0.1, -0.05) is 60.1 Å². The van der Waals surface area contributed by atoms with Crippen molar-refractivity contribution >= 4 is 5.78 Å². The van der Waals surface area contributed by atoms with Gasteiger partial charge in [0, 0.05) is 11.8 Å². The molecule has 0 unspecified atom stereocenters. The summed E-state index contributed by atoms with van der Waals surface area (Å²) in [4.78, 5) is 13.5. The van der Waals surface area contributed by atoms with Crippen LogP contribution < -0.4 is 0 Å². The number of rotatable bonds is 0. The van der Waals surface area contributed by atoms with Crippen LogP contribution in [0.2, 0.25) is 0 Å². The monoisotopic (exact) mass is 410 g/mol. The highest BCUT2D eigenvalue weighted by Crippen LogP contribution is 2.74. The van der Waals surface area contributed by atoms with Crippen LogP contribution in [-0.2, 0) is 4.79 Å². The Morgan fingerprint density at radius 3 is 2.33 bits per heavy atom. The van der Waals surface area contributed by atoms with Crippen molar-refractivity contribution in [1.82, 2.24) is 0 Å². The highest BCUT2D eigenvalue weighted by atomic mass is 16.1. The van der Waals surface area contributed by atoms with Crippen molar-refractivity contribution in [3.05, 3.63) is 11.6 Å². The van der Waals surface area contributed by atoms with Crippen LogP contribution >= 0.6 is 0 Å². The summed E-state index contributed by atoms with van der Waals surface area (Å²) in [6, 6.07) is 0. The standard InChI is InChI=1S/C29H46O/c1-18-12-14-26(4)16-17-27(5)22(25(26)20(18)3)9-10-23-28(27,6)15-13-21-19(2)8-11-24(30)29(21,23)7/h9,18-21,23,25H,8,10-17H2,1-7H3/t18-,19-,20+,21+,23+,25+,26-,27-,28-,29+/m1/s1. The highest BCUT2D eigenvalue weighted by molar-refractivity contribution is 5.86. The number of carbonyl (C=O) groups is 1. The number of ketones is 1. The lowest BCUT2D eigenvalue weighted by atomic mass is 9.34. The van der Waals surface area contributed by atoms with E-state index in [2.05, 4.69) is 54.5 Å². The lowest BCUT2D eigenvalue weighted by Gasteiger charge is -2.69. The maximum absolute atomic E-state index is 13.5. The van der Waals surface area contributed by atoms with Gasteiger partial charge in [0.05, 0.1) is 0 Å². The first-order chi connectivity index (χ1) is 14.0. The minimum atomic E-state index is -0.0953. The van der Waals surface area contributed by atoms with E-state index in [1.807, 2.05) is 5.57 Å². The largest absolute Gasteiger partial charge is 0.299 e. The van der Waals surface area contributed by atoms with Crippen LogP contribution in [0.1, 0.15) is 106 Å². The topological polar surface area (TPSA) is 17.1 Å². The second kappa shape index (κ2) is 6.48. The molecule has 0 aromatic carbocycles. The Morgan fingerprint density at radius 2 is 1.60 bits per heavy atom. The van der Waals surface area contributed by atoms with Gasteiger partial charge in [-0.05, 0) is 103 Å². The van der Waals surface area contributed by atoms with Crippen molar-refractivity contribution in [2.24, 2.45) is 57.2 Å². The van der Waals surface area contributed by atoms with Gasteiger partial charge in [-0.15, -0.1) is 0 Å². The van der Waals surface area contributed by atoms with Crippen LogP contribution in [0.15, 0.2) is 11.6 Å². The number of fused-ring (bicyclic) bond motifs is 7. The molecular formula is C29H46O. The third kappa shape index (κ3) is 2.39. The molecule has 5 aliphatic rings. The van der Waals surface area contributed by atoms with Gasteiger partial charge in [0.2, 0.25) is 0 Å². The molecule has 0 aromatic heterocycles. The van der Waals surface area contributed by atoms with Gasteiger partial charge >= 0.3 is 0 Å². The average molecular weight is 411 g/mol. The summed E-state index contributed by atoms with van der Waals surface area (Å²) in [7, 11) is 0. The van der Waals surface area contributed by atoms with Gasteiger partial charge in [-0.2, -0.15) is 0 Å². The van der Waals surface area contributed by atoms with E-state index in [-0.39, 0.29) is 16.2 Å². The Balaban J connectivity index is 1.62. The zero-order chi connectivity index (χ0) is 21.7. The number of hydrogen-bond acceptors (Lipinski definition) is 1. The molecule has 0 aromatic rings. The van der Waals surface area contributed by atoms with Crippen molar-refractivity contribution in [2.75, 3.05) is 0 Å². The molecule has 168 valence electrons. The van der Waals surface area contributed by atoms with E-state index in [1.54, 1.807) is 0 Å². The Morgan fingerprint density at radius 1 is 0.867 bits per heavy atom. The summed E-state index contributed by atoms with van der Waals surface area (Å²) in [6.45, 7) is 17.8. The molecule has 1 heteroatoms. The van der Waals surface area contributed by atoms with Crippen LogP contribution in [0, 0.1) is 57.2 Å². The lowest BCUT2D eigenvalue weighted by Crippen LogP contribution is -2.64. The van der Waals surface area contributed by atoms with E-state index in [1.165, 1.54) is 38.5 Å². The third-order valence-corrected chi connectivity index (χ3v) is 12.7. The first-order valence-corrected chi connectivity index (χ1v) is 13.2. The van der Waals surface area contributed by atoms with E-state index in [4.69, 9.17) is 0 Å². The Hall–Kier alpha value is -0.590. The van der Waals surface area contributed by atoms with E-state index in [0.29, 0.717) is 29.0 Å². The molecule has 5 aliphatic carbocycles. The van der Waals surface area contributed by atoms with Crippen LogP contribution in [0.3, 0.4) is 0 Å². The Bertz CT molecular complexity index is 779. The maximum Gasteiger partial charge on any atom is 0.139 e. The summed E-state index contributed by atoms with van der Waals surface area (Å²) in [5.74, 6) is 4.84. The molecule has 30 heavy (non-hydrogen) atoms. The van der Waals surface area contributed by atoms with Crippen LogP contribution in [0.5, 0.6) is 0 Å². The van der Waals surface area contributed by atoms with Crippen LogP contribution in [0.25, 0.3) is 0 Å². The molecule has 5 rings (SSSR count). The van der Waals surface area contributed by atoms with Crippen molar-refractivity contribution in [3.8, 4) is 0 Å². The summed E-state index contributed by atoms with van der Waals surface area (Å²) >= 11 is 0. The molecule has 0 radical (unpaired) electrons. The van der Waals surface area contributed by atoms with Gasteiger partial charge < -0.3 is 0 Å². The first-order valence-electron chi connectivity index (χ1n) is 13.2. The smallest absolute Gasteiger partial charge is 0.139 e. The van der Waals surface area contributed by atoms with Gasteiger partial charge in [-0.25, -0.2) is 0 Å². The van der Waals surface area contributed by atoms with Crippen molar-refractivity contribution in [2.45, 2.75) is 106 Å². The van der Waals surface area contributed by atoms with E-state index in [0.717, 1.165) is 37.0 Å². The second-order valence-corrected chi connectivity index (χ2v) is 13.6. The summed E-state index contributed by atoms with van der Waals surface area (Å²) in [6.07, 6.45) is 13.9. The number of hydrogen-bond donors (Lipinski definition) is 0. The quantitative estimate of drug-likeness (QED) is 0.372. The Labute approximate surface area is 185 Å². The predicted molar refractivity (Wildman–Crippen MR) is 125 cm³/mol. The molecule has 0 spiro atoms. The summed E-state index contributed by atoms with van der Waals surface area (Å²) < 4.78 is 0. The van der Waals surface area contributed by atoms with Gasteiger partial charge in [0.1, 0.15) is 5.78 Å². The molecule has 4 fully saturated rings. The van der Waals surface area contributed by atoms with Gasteiger partial charge in [-0.3, -0.25) is 4.79 Å². The van der Waals surface area contributed by atoms with Gasteiger partial charge in [0.25, 0.3) is 0 Å². The third-order valence-electron chi connectivity index (χ3n) is 12.7. The molecule has 1 nitrogen and oxygen atoms in total. The fourth-order valence-electron chi connectivity index (χ4n) is 10.2. The van der Waals surface area contributed by atoms with Crippen LogP contribution in [0.4, 0.5) is 0 Å². The SMILES string of the molecule is C[C@H]1[C@H](C)CC[C@]2(C)CC[C@]3(C)C(=CC[C@@H]4[C@@]5(C)C(=O)CC[C@@H](C)[C@@H]5CC[C@]43C)[C@H]12. The zero-order valence-electron chi connectivity index (χ0n) is 20.8. The fraction of sp³-hybridized carbons (Fsp3) is 0.897. The Kier molecular flexibility index (Phi) is 4.59.